The summed E-state index contributed by atoms with van der Waals surface area (Å²) in [6.45, 7) is 5.12. The molecule has 4 fully saturated rings. The van der Waals surface area contributed by atoms with Gasteiger partial charge in [0.15, 0.2) is 0 Å². The summed E-state index contributed by atoms with van der Waals surface area (Å²) in [5, 5.41) is 6.62. The quantitative estimate of drug-likeness (QED) is 0.248. The minimum Gasteiger partial charge on any atom is -0.370 e. The molecule has 3 amide bonds. The zero-order chi connectivity index (χ0) is 34.4. The van der Waals surface area contributed by atoms with Gasteiger partial charge in [-0.2, -0.15) is 4.98 Å². The molecule has 0 unspecified atom stereocenters. The van der Waals surface area contributed by atoms with E-state index in [1.54, 1.807) is 25.2 Å². The predicted molar refractivity (Wildman–Crippen MR) is 191 cm³/mol. The van der Waals surface area contributed by atoms with Crippen molar-refractivity contribution in [1.82, 2.24) is 34.6 Å². The lowest BCUT2D eigenvalue weighted by Crippen LogP contribution is -2.60. The van der Waals surface area contributed by atoms with E-state index in [0.29, 0.717) is 35.7 Å². The number of hydrogen-bond donors (Lipinski definition) is 2. The summed E-state index contributed by atoms with van der Waals surface area (Å²) in [5.41, 5.74) is 5.18. The van der Waals surface area contributed by atoms with Gasteiger partial charge in [0.25, 0.3) is 5.91 Å². The molecular weight excluding hydrogens is 630 g/mol. The number of benzene rings is 1. The van der Waals surface area contributed by atoms with Crippen molar-refractivity contribution in [3.63, 3.8) is 0 Å². The first-order valence-electron chi connectivity index (χ1n) is 18.0. The Kier molecular flexibility index (Phi) is 8.50. The lowest BCUT2D eigenvalue weighted by Gasteiger charge is -2.55. The van der Waals surface area contributed by atoms with Gasteiger partial charge in [0.05, 0.1) is 5.92 Å². The summed E-state index contributed by atoms with van der Waals surface area (Å²) in [5.74, 6) is 0.541. The first kappa shape index (κ1) is 32.4. The fraction of sp³-hybridized carbons (Fsp3) is 0.474. The molecule has 3 saturated heterocycles. The molecule has 3 aliphatic heterocycles. The number of amides is 3. The first-order chi connectivity index (χ1) is 24.2. The molecule has 1 aliphatic carbocycles. The molecule has 1 atom stereocenters. The smallest absolute Gasteiger partial charge is 0.270 e. The molecule has 6 heterocycles. The highest BCUT2D eigenvalue weighted by Gasteiger charge is 2.45. The Bertz CT molecular complexity index is 1900. The fourth-order valence-corrected chi connectivity index (χ4v) is 8.34. The van der Waals surface area contributed by atoms with Gasteiger partial charge in [-0.3, -0.25) is 24.6 Å². The van der Waals surface area contributed by atoms with E-state index in [2.05, 4.69) is 53.2 Å². The fourth-order valence-electron chi connectivity index (χ4n) is 8.34. The number of nitrogens with one attached hydrogen (secondary N) is 2. The summed E-state index contributed by atoms with van der Waals surface area (Å²) in [6.07, 6.45) is 11.5. The van der Waals surface area contributed by atoms with E-state index in [-0.39, 0.29) is 29.7 Å². The second-order valence-corrected chi connectivity index (χ2v) is 14.9. The van der Waals surface area contributed by atoms with Gasteiger partial charge in [-0.1, -0.05) is 31.0 Å². The Morgan fingerprint density at radius 3 is 2.42 bits per heavy atom. The van der Waals surface area contributed by atoms with Crippen LogP contribution in [0.4, 0.5) is 17.5 Å². The van der Waals surface area contributed by atoms with Crippen LogP contribution in [0.2, 0.25) is 0 Å². The average Bonchev–Trinajstić information content (AvgIpc) is 3.76. The van der Waals surface area contributed by atoms with E-state index >= 15 is 0 Å². The van der Waals surface area contributed by atoms with Crippen molar-refractivity contribution in [1.29, 1.82) is 0 Å². The number of anilines is 3. The van der Waals surface area contributed by atoms with Crippen LogP contribution in [-0.4, -0.2) is 87.3 Å². The van der Waals surface area contributed by atoms with Gasteiger partial charge >= 0.3 is 0 Å². The van der Waals surface area contributed by atoms with E-state index < -0.39 is 0 Å². The molecule has 12 heteroatoms. The summed E-state index contributed by atoms with van der Waals surface area (Å²) >= 11 is 0. The van der Waals surface area contributed by atoms with Gasteiger partial charge in [0, 0.05) is 75.1 Å². The highest BCUT2D eigenvalue weighted by Crippen LogP contribution is 2.43. The van der Waals surface area contributed by atoms with E-state index in [1.807, 2.05) is 30.5 Å². The second-order valence-electron chi connectivity index (χ2n) is 14.9. The van der Waals surface area contributed by atoms with Gasteiger partial charge in [0.2, 0.25) is 17.8 Å². The zero-order valence-electron chi connectivity index (χ0n) is 28.9. The van der Waals surface area contributed by atoms with Crippen molar-refractivity contribution in [3.8, 4) is 0 Å². The standard InChI is InChI=1S/C38H45N9O3/c1-44(2)36(50)31-19-27-21-40-37(43-34(27)47(31)29-5-3-4-6-29)41-32-13-7-25(20-39-32)22-45-17-15-38(16-18-45)23-46(24-38)28-10-8-26(9-11-28)30-12-14-33(48)42-35(30)49/h7-11,13,19-21,29-30H,3-6,12,14-18,22-24H2,1-2H3,(H,42,48,49)(H,39,40,41,43)/t30-/m1/s1. The molecule has 0 bridgehead atoms. The third kappa shape index (κ3) is 6.32. The molecule has 3 aromatic heterocycles. The van der Waals surface area contributed by atoms with Gasteiger partial charge in [-0.25, -0.2) is 9.97 Å². The topological polar surface area (TPSA) is 129 Å². The molecule has 12 nitrogen and oxygen atoms in total. The summed E-state index contributed by atoms with van der Waals surface area (Å²) in [7, 11) is 3.57. The van der Waals surface area contributed by atoms with Gasteiger partial charge < -0.3 is 19.7 Å². The number of aromatic nitrogens is 4. The highest BCUT2D eigenvalue weighted by atomic mass is 16.2. The monoisotopic (exact) mass is 675 g/mol. The van der Waals surface area contributed by atoms with Crippen LogP contribution >= 0.6 is 0 Å². The Labute approximate surface area is 292 Å². The summed E-state index contributed by atoms with van der Waals surface area (Å²) in [6, 6.07) is 14.6. The van der Waals surface area contributed by atoms with Crippen molar-refractivity contribution < 1.29 is 14.4 Å². The maximum Gasteiger partial charge on any atom is 0.270 e. The number of rotatable bonds is 8. The van der Waals surface area contributed by atoms with Crippen LogP contribution in [0, 0.1) is 5.41 Å². The Hall–Kier alpha value is -4.84. The Morgan fingerprint density at radius 1 is 0.980 bits per heavy atom. The first-order valence-corrected chi connectivity index (χ1v) is 18.0. The van der Waals surface area contributed by atoms with E-state index in [4.69, 9.17) is 4.98 Å². The summed E-state index contributed by atoms with van der Waals surface area (Å²) < 4.78 is 2.13. The van der Waals surface area contributed by atoms with Crippen molar-refractivity contribution in [2.45, 2.75) is 69.9 Å². The van der Waals surface area contributed by atoms with Crippen LogP contribution in [0.5, 0.6) is 0 Å². The van der Waals surface area contributed by atoms with Crippen molar-refractivity contribution in [2.75, 3.05) is 50.5 Å². The molecule has 1 saturated carbocycles. The largest absolute Gasteiger partial charge is 0.370 e. The third-order valence-electron chi connectivity index (χ3n) is 11.2. The number of fused-ring (bicyclic) bond motifs is 1. The van der Waals surface area contributed by atoms with Crippen molar-refractivity contribution in [3.05, 3.63) is 71.7 Å². The molecule has 8 rings (SSSR count). The number of nitrogens with zero attached hydrogens (tertiary/aromatic N) is 7. The molecule has 4 aromatic rings. The maximum atomic E-state index is 13.0. The molecule has 1 aromatic carbocycles. The van der Waals surface area contributed by atoms with Crippen LogP contribution in [-0.2, 0) is 16.1 Å². The van der Waals surface area contributed by atoms with Crippen molar-refractivity contribution in [2.24, 2.45) is 5.41 Å². The molecule has 0 radical (unpaired) electrons. The Morgan fingerprint density at radius 2 is 1.74 bits per heavy atom. The van der Waals surface area contributed by atoms with E-state index in [0.717, 1.165) is 75.0 Å². The zero-order valence-corrected chi connectivity index (χ0v) is 28.9. The number of hydrogen-bond acceptors (Lipinski definition) is 9. The minimum absolute atomic E-state index is 0.0177. The number of imide groups is 1. The van der Waals surface area contributed by atoms with Crippen LogP contribution in [0.3, 0.4) is 0 Å². The average molecular weight is 676 g/mol. The van der Waals surface area contributed by atoms with Gasteiger partial charge in [-0.15, -0.1) is 0 Å². The maximum absolute atomic E-state index is 13.0. The number of carbonyl (C=O) groups is 3. The van der Waals surface area contributed by atoms with Crippen molar-refractivity contribution >= 4 is 46.2 Å². The molecule has 1 spiro atoms. The van der Waals surface area contributed by atoms with E-state index in [1.165, 1.54) is 24.1 Å². The number of carbonyl (C=O) groups excluding carboxylic acids is 3. The molecule has 2 N–H and O–H groups in total. The van der Waals surface area contributed by atoms with Crippen LogP contribution in [0.15, 0.2) is 54.9 Å². The molecule has 50 heavy (non-hydrogen) atoms. The van der Waals surface area contributed by atoms with Gasteiger partial charge in [0.1, 0.15) is 17.2 Å². The second kappa shape index (κ2) is 13.1. The number of piperidine rings is 2. The third-order valence-corrected chi connectivity index (χ3v) is 11.2. The van der Waals surface area contributed by atoms with Crippen LogP contribution < -0.4 is 15.5 Å². The Balaban J connectivity index is 0.845. The normalized spacial score (nSPS) is 21.0. The lowest BCUT2D eigenvalue weighted by molar-refractivity contribution is -0.134. The van der Waals surface area contributed by atoms with Crippen LogP contribution in [0.25, 0.3) is 11.0 Å². The predicted octanol–water partition coefficient (Wildman–Crippen LogP) is 5.01. The molecule has 260 valence electrons. The number of pyridine rings is 1. The lowest BCUT2D eigenvalue weighted by atomic mass is 9.71. The highest BCUT2D eigenvalue weighted by molar-refractivity contribution is 6.01. The molecule has 4 aliphatic rings. The SMILES string of the molecule is CN(C)C(=O)c1cc2cnc(Nc3ccc(CN4CCC5(CC4)CN(c4ccc([C@H]6CCC(=O)NC6=O)cc4)C5)cn3)nc2n1C1CCCC1. The van der Waals surface area contributed by atoms with Crippen LogP contribution in [0.1, 0.15) is 84.9 Å². The van der Waals surface area contributed by atoms with Gasteiger partial charge in [-0.05, 0) is 80.6 Å². The number of likely N-dealkylation sites (tertiary alicyclic amines) is 1. The van der Waals surface area contributed by atoms with E-state index in [9.17, 15) is 14.4 Å². The minimum atomic E-state index is -0.240. The molecular formula is C38H45N9O3. The summed E-state index contributed by atoms with van der Waals surface area (Å²) in [4.78, 5) is 57.5.